The first-order valence-electron chi connectivity index (χ1n) is 7.27. The molecule has 3 rings (SSSR count). The second-order valence-electron chi connectivity index (χ2n) is 5.19. The molecule has 5 nitrogen and oxygen atoms in total. The van der Waals surface area contributed by atoms with E-state index >= 15 is 0 Å². The van der Waals surface area contributed by atoms with E-state index in [1.165, 1.54) is 4.52 Å². The maximum atomic E-state index is 10.3. The molecule has 1 aromatic carbocycles. The van der Waals surface area contributed by atoms with Gasteiger partial charge >= 0.3 is 0 Å². The van der Waals surface area contributed by atoms with Gasteiger partial charge in [0.15, 0.2) is 11.5 Å². The Bertz CT molecular complexity index is 846. The van der Waals surface area contributed by atoms with Crippen molar-refractivity contribution in [2.75, 3.05) is 0 Å². The number of nitrogens with zero attached hydrogens (tertiary/aromatic N) is 4. The highest BCUT2D eigenvalue weighted by Gasteiger charge is 2.15. The van der Waals surface area contributed by atoms with Crippen LogP contribution in [0.4, 0.5) is 0 Å². The van der Waals surface area contributed by atoms with Gasteiger partial charge < -0.3 is 5.11 Å². The number of aryl methyl sites for hydroxylation is 1. The van der Waals surface area contributed by atoms with Crippen molar-refractivity contribution in [2.24, 2.45) is 0 Å². The van der Waals surface area contributed by atoms with Gasteiger partial charge in [-0.1, -0.05) is 43.7 Å². The molecule has 5 heteroatoms. The summed E-state index contributed by atoms with van der Waals surface area (Å²) in [6.45, 7) is 2.03. The van der Waals surface area contributed by atoms with Gasteiger partial charge in [0.25, 0.3) is 0 Å². The largest absolute Gasteiger partial charge is 0.492 e. The van der Waals surface area contributed by atoms with Crippen molar-refractivity contribution >= 4 is 5.65 Å². The molecule has 0 amide bonds. The molecule has 110 valence electrons. The summed E-state index contributed by atoms with van der Waals surface area (Å²) in [6, 6.07) is 13.8. The van der Waals surface area contributed by atoms with Gasteiger partial charge in [0.05, 0.1) is 0 Å². The average molecular weight is 292 g/mol. The molecule has 0 saturated carbocycles. The number of aromatic hydroxyl groups is 1. The molecule has 0 unspecified atom stereocenters. The van der Waals surface area contributed by atoms with Crippen molar-refractivity contribution in [1.29, 1.82) is 5.26 Å². The Morgan fingerprint density at radius 3 is 2.73 bits per heavy atom. The van der Waals surface area contributed by atoms with E-state index in [0.717, 1.165) is 24.0 Å². The number of hydrogen-bond acceptors (Lipinski definition) is 4. The second-order valence-corrected chi connectivity index (χ2v) is 5.19. The first kappa shape index (κ1) is 14.1. The van der Waals surface area contributed by atoms with Gasteiger partial charge in [-0.15, -0.1) is 5.10 Å². The summed E-state index contributed by atoms with van der Waals surface area (Å²) < 4.78 is 1.34. The van der Waals surface area contributed by atoms with E-state index in [-0.39, 0.29) is 11.4 Å². The van der Waals surface area contributed by atoms with Crippen LogP contribution >= 0.6 is 0 Å². The van der Waals surface area contributed by atoms with E-state index in [1.54, 1.807) is 0 Å². The molecule has 0 aliphatic rings. The SMILES string of the molecule is CCCc1cc2nc(Cc3ccccc3)nn2c(O)c1C#N. The quantitative estimate of drug-likeness (QED) is 0.802. The van der Waals surface area contributed by atoms with E-state index in [2.05, 4.69) is 16.2 Å². The summed E-state index contributed by atoms with van der Waals surface area (Å²) >= 11 is 0. The highest BCUT2D eigenvalue weighted by Crippen LogP contribution is 2.24. The van der Waals surface area contributed by atoms with Crippen molar-refractivity contribution in [2.45, 2.75) is 26.2 Å². The molecule has 0 bridgehead atoms. The zero-order valence-electron chi connectivity index (χ0n) is 12.3. The molecule has 0 fully saturated rings. The summed E-state index contributed by atoms with van der Waals surface area (Å²) in [5.41, 5.74) is 2.78. The van der Waals surface area contributed by atoms with Gasteiger partial charge in [0, 0.05) is 6.42 Å². The zero-order chi connectivity index (χ0) is 15.5. The number of benzene rings is 1. The van der Waals surface area contributed by atoms with Crippen molar-refractivity contribution in [3.8, 4) is 11.9 Å². The van der Waals surface area contributed by atoms with Gasteiger partial charge in [0.2, 0.25) is 5.88 Å². The third-order valence-corrected chi connectivity index (χ3v) is 3.56. The van der Waals surface area contributed by atoms with Crippen LogP contribution in [-0.2, 0) is 12.8 Å². The van der Waals surface area contributed by atoms with Crippen LogP contribution < -0.4 is 0 Å². The molecule has 2 heterocycles. The summed E-state index contributed by atoms with van der Waals surface area (Å²) in [5, 5.41) is 23.9. The van der Waals surface area contributed by atoms with E-state index < -0.39 is 0 Å². The lowest BCUT2D eigenvalue weighted by atomic mass is 10.1. The number of pyridine rings is 1. The number of rotatable bonds is 4. The zero-order valence-corrected chi connectivity index (χ0v) is 12.3. The molecule has 22 heavy (non-hydrogen) atoms. The average Bonchev–Trinajstić information content (AvgIpc) is 2.92. The second kappa shape index (κ2) is 5.86. The first-order valence-corrected chi connectivity index (χ1v) is 7.27. The molecule has 0 aliphatic carbocycles. The van der Waals surface area contributed by atoms with E-state index in [4.69, 9.17) is 0 Å². The van der Waals surface area contributed by atoms with E-state index in [1.807, 2.05) is 43.3 Å². The molecule has 0 aliphatic heterocycles. The van der Waals surface area contributed by atoms with Gasteiger partial charge in [-0.25, -0.2) is 4.98 Å². The Labute approximate surface area is 128 Å². The van der Waals surface area contributed by atoms with Crippen LogP contribution in [0.1, 0.15) is 35.9 Å². The molecular formula is C17H16N4O. The minimum absolute atomic E-state index is 0.129. The Kier molecular flexibility index (Phi) is 3.75. The molecule has 3 aromatic rings. The minimum atomic E-state index is -0.129. The molecule has 0 radical (unpaired) electrons. The lowest BCUT2D eigenvalue weighted by molar-refractivity contribution is 0.433. The van der Waals surface area contributed by atoms with E-state index in [0.29, 0.717) is 17.9 Å². The summed E-state index contributed by atoms with van der Waals surface area (Å²) in [5.74, 6) is 0.495. The Hall–Kier alpha value is -2.87. The van der Waals surface area contributed by atoms with Crippen LogP contribution in [0.3, 0.4) is 0 Å². The van der Waals surface area contributed by atoms with Gasteiger partial charge in [-0.2, -0.15) is 9.78 Å². The van der Waals surface area contributed by atoms with Crippen LogP contribution in [-0.4, -0.2) is 19.7 Å². The van der Waals surface area contributed by atoms with Crippen molar-refractivity contribution in [3.05, 3.63) is 58.9 Å². The molecular weight excluding hydrogens is 276 g/mol. The van der Waals surface area contributed by atoms with Crippen molar-refractivity contribution in [1.82, 2.24) is 14.6 Å². The topological polar surface area (TPSA) is 74.2 Å². The number of nitriles is 1. The normalized spacial score (nSPS) is 10.7. The fraction of sp³-hybridized carbons (Fsp3) is 0.235. The lowest BCUT2D eigenvalue weighted by Crippen LogP contribution is -1.98. The molecule has 0 spiro atoms. The summed E-state index contributed by atoms with van der Waals surface area (Å²) in [6.07, 6.45) is 2.22. The maximum absolute atomic E-state index is 10.3. The van der Waals surface area contributed by atoms with Crippen molar-refractivity contribution in [3.63, 3.8) is 0 Å². The summed E-state index contributed by atoms with van der Waals surface area (Å²) in [7, 11) is 0. The number of fused-ring (bicyclic) bond motifs is 1. The Balaban J connectivity index is 2.06. The minimum Gasteiger partial charge on any atom is -0.492 e. The smallest absolute Gasteiger partial charge is 0.232 e. The Morgan fingerprint density at radius 2 is 2.05 bits per heavy atom. The fourth-order valence-corrected chi connectivity index (χ4v) is 2.54. The van der Waals surface area contributed by atoms with Crippen molar-refractivity contribution < 1.29 is 5.11 Å². The summed E-state index contributed by atoms with van der Waals surface area (Å²) in [4.78, 5) is 4.47. The highest BCUT2D eigenvalue weighted by atomic mass is 16.3. The predicted molar refractivity (Wildman–Crippen MR) is 82.6 cm³/mol. The Morgan fingerprint density at radius 1 is 1.27 bits per heavy atom. The monoisotopic (exact) mass is 292 g/mol. The lowest BCUT2D eigenvalue weighted by Gasteiger charge is -2.05. The molecule has 2 aromatic heterocycles. The maximum Gasteiger partial charge on any atom is 0.232 e. The highest BCUT2D eigenvalue weighted by molar-refractivity contribution is 5.54. The fourth-order valence-electron chi connectivity index (χ4n) is 2.54. The van der Waals surface area contributed by atoms with E-state index in [9.17, 15) is 10.4 Å². The standard InChI is InChI=1S/C17H16N4O/c1-2-6-13-10-16-19-15(9-12-7-4-3-5-8-12)20-21(16)17(22)14(13)11-18/h3-5,7-8,10,22H,2,6,9H2,1H3. The number of aromatic nitrogens is 3. The first-order chi connectivity index (χ1) is 10.7. The van der Waals surface area contributed by atoms with Crippen LogP contribution in [0.2, 0.25) is 0 Å². The van der Waals surface area contributed by atoms with Crippen LogP contribution in [0.15, 0.2) is 36.4 Å². The van der Waals surface area contributed by atoms with Crippen LogP contribution in [0.5, 0.6) is 5.88 Å². The molecule has 1 N–H and O–H groups in total. The predicted octanol–water partition coefficient (Wildman–Crippen LogP) is 2.85. The van der Waals surface area contributed by atoms with Gasteiger partial charge in [-0.05, 0) is 23.6 Å². The van der Waals surface area contributed by atoms with Crippen LogP contribution in [0.25, 0.3) is 5.65 Å². The number of hydrogen-bond donors (Lipinski definition) is 1. The third-order valence-electron chi connectivity index (χ3n) is 3.56. The third kappa shape index (κ3) is 2.51. The molecule has 0 saturated heterocycles. The van der Waals surface area contributed by atoms with Gasteiger partial charge in [0.1, 0.15) is 11.6 Å². The van der Waals surface area contributed by atoms with Gasteiger partial charge in [-0.3, -0.25) is 0 Å². The van der Waals surface area contributed by atoms with Crippen LogP contribution in [0, 0.1) is 11.3 Å². The molecule has 0 atom stereocenters.